The van der Waals surface area contributed by atoms with Gasteiger partial charge in [0.25, 0.3) is 0 Å². The minimum Gasteiger partial charge on any atom is -0.466 e. The highest BCUT2D eigenvalue weighted by Crippen LogP contribution is 2.45. The Hall–Kier alpha value is -1.46. The fourth-order valence-corrected chi connectivity index (χ4v) is 3.16. The van der Waals surface area contributed by atoms with Crippen molar-refractivity contribution in [2.75, 3.05) is 32.9 Å². The van der Waals surface area contributed by atoms with E-state index in [4.69, 9.17) is 9.47 Å². The van der Waals surface area contributed by atoms with Gasteiger partial charge in [0, 0.05) is 25.0 Å². The van der Waals surface area contributed by atoms with Gasteiger partial charge >= 0.3 is 5.97 Å². The number of carbonyl (C=O) groups is 1. The lowest BCUT2D eigenvalue weighted by molar-refractivity contribution is -0.142. The number of hydrogen-bond donors (Lipinski definition) is 0. The van der Waals surface area contributed by atoms with Crippen molar-refractivity contribution in [3.05, 3.63) is 35.1 Å². The maximum Gasteiger partial charge on any atom is 0.310 e. The lowest BCUT2D eigenvalue weighted by Crippen LogP contribution is -2.38. The molecule has 5 heteroatoms. The standard InChI is InChI=1S/C17H22FNO3/c1-2-22-17(20)10-13-4-3-12(9-15(13)18)14-11-16(14)19-5-7-21-8-6-19/h3-4,9,14,16H,2,5-8,10-11H2,1H3/t14-,16+/m0/s1. The Morgan fingerprint density at radius 3 is 2.86 bits per heavy atom. The number of morpholine rings is 1. The predicted molar refractivity (Wildman–Crippen MR) is 80.3 cm³/mol. The Bertz CT molecular complexity index is 543. The van der Waals surface area contributed by atoms with Gasteiger partial charge < -0.3 is 9.47 Å². The molecule has 22 heavy (non-hydrogen) atoms. The van der Waals surface area contributed by atoms with Crippen molar-refractivity contribution >= 4 is 5.97 Å². The van der Waals surface area contributed by atoms with Crippen LogP contribution >= 0.6 is 0 Å². The fraction of sp³-hybridized carbons (Fsp3) is 0.588. The summed E-state index contributed by atoms with van der Waals surface area (Å²) in [6, 6.07) is 5.76. The van der Waals surface area contributed by atoms with Crippen LogP contribution in [0, 0.1) is 5.82 Å². The van der Waals surface area contributed by atoms with Crippen LogP contribution in [0.3, 0.4) is 0 Å². The van der Waals surface area contributed by atoms with Crippen molar-refractivity contribution in [2.45, 2.75) is 31.7 Å². The zero-order valence-electron chi connectivity index (χ0n) is 12.9. The van der Waals surface area contributed by atoms with Gasteiger partial charge in [0.05, 0.1) is 26.2 Å². The molecular formula is C17H22FNO3. The third-order valence-corrected chi connectivity index (χ3v) is 4.42. The quantitative estimate of drug-likeness (QED) is 0.781. The summed E-state index contributed by atoms with van der Waals surface area (Å²) in [7, 11) is 0. The number of carbonyl (C=O) groups excluding carboxylic acids is 1. The number of rotatable bonds is 5. The van der Waals surface area contributed by atoms with E-state index in [2.05, 4.69) is 4.90 Å². The van der Waals surface area contributed by atoms with Crippen LogP contribution in [-0.4, -0.2) is 49.8 Å². The molecule has 2 aliphatic rings. The monoisotopic (exact) mass is 307 g/mol. The lowest BCUT2D eigenvalue weighted by Gasteiger charge is -2.27. The number of nitrogens with zero attached hydrogens (tertiary/aromatic N) is 1. The summed E-state index contributed by atoms with van der Waals surface area (Å²) in [6.45, 7) is 5.57. The molecule has 0 N–H and O–H groups in total. The minimum absolute atomic E-state index is 0.00247. The van der Waals surface area contributed by atoms with E-state index in [1.54, 1.807) is 19.1 Å². The molecule has 1 aliphatic heterocycles. The van der Waals surface area contributed by atoms with Gasteiger partial charge in [-0.25, -0.2) is 4.39 Å². The Morgan fingerprint density at radius 2 is 2.18 bits per heavy atom. The Morgan fingerprint density at radius 1 is 1.41 bits per heavy atom. The molecule has 0 radical (unpaired) electrons. The normalized spacial score (nSPS) is 25.0. The van der Waals surface area contributed by atoms with Gasteiger partial charge in [-0.05, 0) is 30.5 Å². The molecule has 0 amide bonds. The Balaban J connectivity index is 1.62. The van der Waals surface area contributed by atoms with Crippen LogP contribution in [0.1, 0.15) is 30.4 Å². The van der Waals surface area contributed by atoms with Crippen LogP contribution in [0.2, 0.25) is 0 Å². The summed E-state index contributed by atoms with van der Waals surface area (Å²) in [6.07, 6.45) is 1.08. The SMILES string of the molecule is CCOC(=O)Cc1ccc([C@@H]2C[C@H]2N2CCOCC2)cc1F. The van der Waals surface area contributed by atoms with Gasteiger partial charge in [-0.15, -0.1) is 0 Å². The average molecular weight is 307 g/mol. The molecule has 0 unspecified atom stereocenters. The van der Waals surface area contributed by atoms with Gasteiger partial charge in [0.15, 0.2) is 0 Å². The van der Waals surface area contributed by atoms with Crippen LogP contribution in [0.5, 0.6) is 0 Å². The van der Waals surface area contributed by atoms with Crippen LogP contribution in [-0.2, 0) is 20.7 Å². The van der Waals surface area contributed by atoms with Gasteiger partial charge in [-0.3, -0.25) is 9.69 Å². The second-order valence-electron chi connectivity index (χ2n) is 5.89. The topological polar surface area (TPSA) is 38.8 Å². The summed E-state index contributed by atoms with van der Waals surface area (Å²) >= 11 is 0. The van der Waals surface area contributed by atoms with Crippen molar-refractivity contribution in [3.8, 4) is 0 Å². The highest BCUT2D eigenvalue weighted by atomic mass is 19.1. The fourth-order valence-electron chi connectivity index (χ4n) is 3.16. The third-order valence-electron chi connectivity index (χ3n) is 4.42. The molecule has 3 rings (SSSR count). The molecule has 1 aromatic carbocycles. The van der Waals surface area contributed by atoms with E-state index >= 15 is 0 Å². The van der Waals surface area contributed by atoms with Gasteiger partial charge in [0.1, 0.15) is 5.82 Å². The number of hydrogen-bond acceptors (Lipinski definition) is 4. The number of benzene rings is 1. The molecule has 120 valence electrons. The molecule has 0 bridgehead atoms. The lowest BCUT2D eigenvalue weighted by atomic mass is 10.0. The molecule has 2 fully saturated rings. The van der Waals surface area contributed by atoms with Gasteiger partial charge in [-0.1, -0.05) is 12.1 Å². The molecular weight excluding hydrogens is 285 g/mol. The molecule has 0 aromatic heterocycles. The first-order chi connectivity index (χ1) is 10.7. The van der Waals surface area contributed by atoms with Gasteiger partial charge in [-0.2, -0.15) is 0 Å². The highest BCUT2D eigenvalue weighted by molar-refractivity contribution is 5.72. The zero-order valence-corrected chi connectivity index (χ0v) is 12.9. The summed E-state index contributed by atoms with van der Waals surface area (Å²) in [4.78, 5) is 13.9. The van der Waals surface area contributed by atoms with Crippen molar-refractivity contribution in [1.29, 1.82) is 0 Å². The zero-order chi connectivity index (χ0) is 15.5. The number of ether oxygens (including phenoxy) is 2. The minimum atomic E-state index is -0.383. The smallest absolute Gasteiger partial charge is 0.310 e. The molecule has 1 saturated heterocycles. The van der Waals surface area contributed by atoms with Crippen LogP contribution in [0.25, 0.3) is 0 Å². The number of esters is 1. The van der Waals surface area contributed by atoms with E-state index < -0.39 is 0 Å². The second-order valence-corrected chi connectivity index (χ2v) is 5.89. The van der Waals surface area contributed by atoms with Crippen LogP contribution in [0.15, 0.2) is 18.2 Å². The molecule has 4 nitrogen and oxygen atoms in total. The summed E-state index contributed by atoms with van der Waals surface area (Å²) in [5.74, 6) is -0.283. The largest absolute Gasteiger partial charge is 0.466 e. The van der Waals surface area contributed by atoms with E-state index in [1.807, 2.05) is 6.07 Å². The average Bonchev–Trinajstić information content (AvgIpc) is 3.31. The van der Waals surface area contributed by atoms with Crippen molar-refractivity contribution in [3.63, 3.8) is 0 Å². The summed E-state index contributed by atoms with van der Waals surface area (Å²) in [5.41, 5.74) is 1.44. The van der Waals surface area contributed by atoms with Crippen molar-refractivity contribution < 1.29 is 18.7 Å². The molecule has 1 heterocycles. The van der Waals surface area contributed by atoms with Gasteiger partial charge in [0.2, 0.25) is 0 Å². The Labute approximate surface area is 130 Å². The third kappa shape index (κ3) is 3.47. The first-order valence-corrected chi connectivity index (χ1v) is 7.94. The van der Waals surface area contributed by atoms with Crippen LogP contribution < -0.4 is 0 Å². The van der Waals surface area contributed by atoms with Crippen molar-refractivity contribution in [2.24, 2.45) is 0 Å². The Kier molecular flexibility index (Phi) is 4.74. The van der Waals surface area contributed by atoms with Crippen LogP contribution in [0.4, 0.5) is 4.39 Å². The molecule has 1 aliphatic carbocycles. The highest BCUT2D eigenvalue weighted by Gasteiger charge is 2.43. The molecule has 1 aromatic rings. The molecule has 0 spiro atoms. The second kappa shape index (κ2) is 6.75. The number of halogens is 1. The summed E-state index contributed by atoms with van der Waals surface area (Å²) < 4.78 is 24.4. The van der Waals surface area contributed by atoms with E-state index in [-0.39, 0.29) is 18.2 Å². The van der Waals surface area contributed by atoms with E-state index in [0.717, 1.165) is 38.3 Å². The molecule has 1 saturated carbocycles. The maximum absolute atomic E-state index is 14.2. The van der Waals surface area contributed by atoms with E-state index in [0.29, 0.717) is 24.1 Å². The maximum atomic E-state index is 14.2. The van der Waals surface area contributed by atoms with Crippen molar-refractivity contribution in [1.82, 2.24) is 4.90 Å². The predicted octanol–water partition coefficient (Wildman–Crippen LogP) is 2.12. The van der Waals surface area contributed by atoms with E-state index in [9.17, 15) is 9.18 Å². The molecule has 2 atom stereocenters. The summed E-state index contributed by atoms with van der Waals surface area (Å²) in [5, 5.41) is 0. The first kappa shape index (κ1) is 15.4. The van der Waals surface area contributed by atoms with E-state index in [1.165, 1.54) is 0 Å². The first-order valence-electron chi connectivity index (χ1n) is 7.94.